The number of carbonyl (C=O) groups excluding carboxylic acids is 2. The molecule has 70 valence electrons. The fourth-order valence-corrected chi connectivity index (χ4v) is 0.863. The van der Waals surface area contributed by atoms with Gasteiger partial charge in [0.05, 0.1) is 6.54 Å². The predicted molar refractivity (Wildman–Crippen MR) is 48.7 cm³/mol. The van der Waals surface area contributed by atoms with Crippen molar-refractivity contribution in [2.75, 3.05) is 6.54 Å². The topological polar surface area (TPSA) is 58.9 Å². The van der Waals surface area contributed by atoms with Crippen molar-refractivity contribution in [3.63, 3.8) is 0 Å². The van der Waals surface area contributed by atoms with Crippen LogP contribution < -0.4 is 0 Å². The molecule has 0 radical (unpaired) electrons. The first-order valence-electron chi connectivity index (χ1n) is 4.10. The van der Waals surface area contributed by atoms with E-state index in [1.807, 2.05) is 0 Å². The van der Waals surface area contributed by atoms with Crippen LogP contribution in [0.15, 0.2) is 22.3 Å². The monoisotopic (exact) mass is 180 g/mol. The smallest absolute Gasteiger partial charge is 0.211 e. The van der Waals surface area contributed by atoms with Crippen LogP contribution in [0.5, 0.6) is 0 Å². The van der Waals surface area contributed by atoms with Gasteiger partial charge in [0.15, 0.2) is 0 Å². The molecule has 0 rings (SSSR count). The molecule has 0 aromatic heterocycles. The molecular formula is C9H12N2O2. The van der Waals surface area contributed by atoms with Crippen molar-refractivity contribution in [3.05, 3.63) is 12.3 Å². The van der Waals surface area contributed by atoms with E-state index in [-0.39, 0.29) is 0 Å². The Morgan fingerprint density at radius 3 is 2.54 bits per heavy atom. The third-order valence-electron chi connectivity index (χ3n) is 1.50. The van der Waals surface area contributed by atoms with Gasteiger partial charge in [0, 0.05) is 5.70 Å². The van der Waals surface area contributed by atoms with Gasteiger partial charge in [-0.05, 0) is 19.3 Å². The number of nitrogens with zero attached hydrogens (tertiary/aromatic N) is 2. The van der Waals surface area contributed by atoms with Gasteiger partial charge in [0.1, 0.15) is 0 Å². The Hall–Kier alpha value is -1.50. The van der Waals surface area contributed by atoms with E-state index >= 15 is 0 Å². The van der Waals surface area contributed by atoms with E-state index in [2.05, 4.69) is 16.6 Å². The molecule has 0 bridgehead atoms. The lowest BCUT2D eigenvalue weighted by atomic mass is 10.2. The van der Waals surface area contributed by atoms with E-state index < -0.39 is 0 Å². The molecule has 4 nitrogen and oxygen atoms in total. The maximum absolute atomic E-state index is 9.78. The number of aliphatic imine (C=N–C) groups is 2. The average molecular weight is 180 g/mol. The second-order valence-corrected chi connectivity index (χ2v) is 2.55. The van der Waals surface area contributed by atoms with Crippen LogP contribution in [0, 0.1) is 0 Å². The Balaban J connectivity index is 3.30. The van der Waals surface area contributed by atoms with E-state index in [0.29, 0.717) is 18.7 Å². The van der Waals surface area contributed by atoms with Crippen LogP contribution in [-0.4, -0.2) is 18.7 Å². The zero-order valence-electron chi connectivity index (χ0n) is 7.45. The van der Waals surface area contributed by atoms with Crippen LogP contribution in [0.4, 0.5) is 0 Å². The molecule has 0 aromatic carbocycles. The second-order valence-electron chi connectivity index (χ2n) is 2.55. The highest BCUT2D eigenvalue weighted by Crippen LogP contribution is 2.07. The summed E-state index contributed by atoms with van der Waals surface area (Å²) in [5, 5.41) is 0. The molecule has 0 atom stereocenters. The lowest BCUT2D eigenvalue weighted by Crippen LogP contribution is -1.83. The summed E-state index contributed by atoms with van der Waals surface area (Å²) >= 11 is 0. The third-order valence-corrected chi connectivity index (χ3v) is 1.50. The zero-order valence-corrected chi connectivity index (χ0v) is 7.45. The fourth-order valence-electron chi connectivity index (χ4n) is 0.863. The molecule has 13 heavy (non-hydrogen) atoms. The number of isocyanates is 2. The Morgan fingerprint density at radius 1 is 1.15 bits per heavy atom. The zero-order chi connectivity index (χ0) is 9.94. The molecule has 0 aromatic rings. The molecule has 0 aliphatic heterocycles. The van der Waals surface area contributed by atoms with Crippen LogP contribution >= 0.6 is 0 Å². The summed E-state index contributed by atoms with van der Waals surface area (Å²) in [4.78, 5) is 26.2. The molecule has 0 spiro atoms. The van der Waals surface area contributed by atoms with E-state index in [1.165, 1.54) is 12.2 Å². The highest BCUT2D eigenvalue weighted by Gasteiger charge is 1.92. The molecule has 0 fully saturated rings. The van der Waals surface area contributed by atoms with Crippen LogP contribution in [0.1, 0.15) is 25.7 Å². The van der Waals surface area contributed by atoms with Crippen molar-refractivity contribution in [2.24, 2.45) is 9.98 Å². The molecule has 0 saturated heterocycles. The van der Waals surface area contributed by atoms with Gasteiger partial charge in [0.25, 0.3) is 0 Å². The molecule has 4 heteroatoms. The van der Waals surface area contributed by atoms with Gasteiger partial charge in [-0.3, -0.25) is 0 Å². The van der Waals surface area contributed by atoms with Gasteiger partial charge < -0.3 is 0 Å². The quantitative estimate of drug-likeness (QED) is 0.340. The predicted octanol–water partition coefficient (Wildman–Crippen LogP) is 1.73. The summed E-state index contributed by atoms with van der Waals surface area (Å²) in [7, 11) is 0. The first-order valence-corrected chi connectivity index (χ1v) is 4.10. The van der Waals surface area contributed by atoms with Crippen molar-refractivity contribution < 1.29 is 9.59 Å². The van der Waals surface area contributed by atoms with Crippen LogP contribution in [0.3, 0.4) is 0 Å². The van der Waals surface area contributed by atoms with Gasteiger partial charge in [-0.1, -0.05) is 13.0 Å². The van der Waals surface area contributed by atoms with Crippen molar-refractivity contribution >= 4 is 12.2 Å². The minimum atomic E-state index is 0.521. The van der Waals surface area contributed by atoms with E-state index in [9.17, 15) is 9.59 Å². The lowest BCUT2D eigenvalue weighted by Gasteiger charge is -1.96. The van der Waals surface area contributed by atoms with Crippen LogP contribution in [0.25, 0.3) is 0 Å². The van der Waals surface area contributed by atoms with Crippen molar-refractivity contribution in [2.45, 2.75) is 25.7 Å². The molecule has 0 heterocycles. The van der Waals surface area contributed by atoms with Gasteiger partial charge in [-0.2, -0.15) is 4.99 Å². The summed E-state index contributed by atoms with van der Waals surface area (Å²) in [6, 6.07) is 0. The molecule has 0 N–H and O–H groups in total. The summed E-state index contributed by atoms with van der Waals surface area (Å²) in [5.74, 6) is 0. The van der Waals surface area contributed by atoms with Gasteiger partial charge >= 0.3 is 0 Å². The molecule has 0 amide bonds. The van der Waals surface area contributed by atoms with Crippen LogP contribution in [0.2, 0.25) is 0 Å². The largest absolute Gasteiger partial charge is 0.240 e. The summed E-state index contributed by atoms with van der Waals surface area (Å²) in [5.41, 5.74) is 0.550. The lowest BCUT2D eigenvalue weighted by molar-refractivity contribution is 0.560. The Morgan fingerprint density at radius 2 is 1.92 bits per heavy atom. The van der Waals surface area contributed by atoms with Gasteiger partial charge in [0.2, 0.25) is 12.2 Å². The summed E-state index contributed by atoms with van der Waals surface area (Å²) in [6.45, 7) is 4.08. The molecule has 0 aliphatic rings. The summed E-state index contributed by atoms with van der Waals surface area (Å²) < 4.78 is 0. The molecular weight excluding hydrogens is 168 g/mol. The minimum Gasteiger partial charge on any atom is -0.211 e. The van der Waals surface area contributed by atoms with Crippen molar-refractivity contribution in [1.29, 1.82) is 0 Å². The maximum Gasteiger partial charge on any atom is 0.240 e. The number of hydrogen-bond donors (Lipinski definition) is 0. The number of hydrogen-bond acceptors (Lipinski definition) is 4. The number of unbranched alkanes of at least 4 members (excludes halogenated alkanes) is 2. The van der Waals surface area contributed by atoms with Crippen LogP contribution in [-0.2, 0) is 9.59 Å². The Kier molecular flexibility index (Phi) is 7.60. The normalized spacial score (nSPS) is 8.31. The van der Waals surface area contributed by atoms with E-state index in [4.69, 9.17) is 0 Å². The Bertz CT molecular complexity index is 248. The van der Waals surface area contributed by atoms with Crippen molar-refractivity contribution in [3.8, 4) is 0 Å². The fraction of sp³-hybridized carbons (Fsp3) is 0.556. The first-order chi connectivity index (χ1) is 6.31. The highest BCUT2D eigenvalue weighted by atomic mass is 16.1. The maximum atomic E-state index is 9.78. The average Bonchev–Trinajstić information content (AvgIpc) is 2.11. The van der Waals surface area contributed by atoms with E-state index in [1.54, 1.807) is 0 Å². The highest BCUT2D eigenvalue weighted by molar-refractivity contribution is 5.36. The number of allylic oxidation sites excluding steroid dienone is 1. The van der Waals surface area contributed by atoms with Gasteiger partial charge in [-0.25, -0.2) is 14.6 Å². The molecule has 0 saturated carbocycles. The summed E-state index contributed by atoms with van der Waals surface area (Å²) in [6.07, 6.45) is 6.30. The SMILES string of the molecule is C=C(CCCCCN=C=O)N=C=O. The molecule has 0 aliphatic carbocycles. The Labute approximate surface area is 77.1 Å². The molecule has 0 unspecified atom stereocenters. The van der Waals surface area contributed by atoms with E-state index in [0.717, 1.165) is 19.3 Å². The van der Waals surface area contributed by atoms with Crippen molar-refractivity contribution in [1.82, 2.24) is 0 Å². The number of rotatable bonds is 7. The first kappa shape index (κ1) is 11.5. The van der Waals surface area contributed by atoms with Gasteiger partial charge in [-0.15, -0.1) is 0 Å². The second kappa shape index (κ2) is 8.60. The minimum absolute atomic E-state index is 0.521. The third kappa shape index (κ3) is 8.41. The standard InChI is InChI=1S/C9H12N2O2/c1-9(11-8-13)5-3-2-4-6-10-7-12/h1-6H2.